The van der Waals surface area contributed by atoms with Gasteiger partial charge >= 0.3 is 0 Å². The molecule has 0 spiro atoms. The maximum absolute atomic E-state index is 5.49. The quantitative estimate of drug-likeness (QED) is 0.826. The molecule has 2 rings (SSSR count). The van der Waals surface area contributed by atoms with Gasteiger partial charge in [-0.3, -0.25) is 4.90 Å². The SMILES string of the molecule is CN(Cc1ccc(Br)o1)C1CCCC1. The van der Waals surface area contributed by atoms with Crippen molar-refractivity contribution in [3.8, 4) is 0 Å². The van der Waals surface area contributed by atoms with E-state index in [0.717, 1.165) is 23.0 Å². The van der Waals surface area contributed by atoms with E-state index in [1.54, 1.807) is 0 Å². The number of rotatable bonds is 3. The summed E-state index contributed by atoms with van der Waals surface area (Å²) >= 11 is 3.32. The number of furan rings is 1. The van der Waals surface area contributed by atoms with Crippen molar-refractivity contribution < 1.29 is 4.42 Å². The van der Waals surface area contributed by atoms with Crippen molar-refractivity contribution in [2.24, 2.45) is 0 Å². The van der Waals surface area contributed by atoms with E-state index in [1.807, 2.05) is 12.1 Å². The van der Waals surface area contributed by atoms with Gasteiger partial charge in [0, 0.05) is 6.04 Å². The van der Waals surface area contributed by atoms with Gasteiger partial charge in [0.15, 0.2) is 4.67 Å². The van der Waals surface area contributed by atoms with Gasteiger partial charge in [-0.15, -0.1) is 0 Å². The second-order valence-electron chi connectivity index (χ2n) is 4.06. The molecule has 1 aromatic rings. The molecule has 0 amide bonds. The summed E-state index contributed by atoms with van der Waals surface area (Å²) in [5.41, 5.74) is 0. The number of nitrogens with zero attached hydrogens (tertiary/aromatic N) is 1. The maximum atomic E-state index is 5.49. The summed E-state index contributed by atoms with van der Waals surface area (Å²) in [5, 5.41) is 0. The fourth-order valence-corrected chi connectivity index (χ4v) is 2.50. The first-order valence-corrected chi connectivity index (χ1v) is 5.99. The summed E-state index contributed by atoms with van der Waals surface area (Å²) in [6.07, 6.45) is 5.46. The fraction of sp³-hybridized carbons (Fsp3) is 0.636. The Morgan fingerprint density at radius 3 is 2.71 bits per heavy atom. The lowest BCUT2D eigenvalue weighted by molar-refractivity contribution is 0.218. The lowest BCUT2D eigenvalue weighted by Crippen LogP contribution is -2.28. The monoisotopic (exact) mass is 257 g/mol. The van der Waals surface area contributed by atoms with Gasteiger partial charge in [0.25, 0.3) is 0 Å². The molecule has 0 aliphatic heterocycles. The average Bonchev–Trinajstić information content (AvgIpc) is 2.75. The van der Waals surface area contributed by atoms with Crippen molar-refractivity contribution in [1.29, 1.82) is 0 Å². The van der Waals surface area contributed by atoms with Crippen LogP contribution in [0.1, 0.15) is 31.4 Å². The van der Waals surface area contributed by atoms with E-state index in [1.165, 1.54) is 25.7 Å². The Morgan fingerprint density at radius 2 is 2.14 bits per heavy atom. The van der Waals surface area contributed by atoms with Crippen molar-refractivity contribution >= 4 is 15.9 Å². The van der Waals surface area contributed by atoms with Crippen molar-refractivity contribution in [3.05, 3.63) is 22.6 Å². The summed E-state index contributed by atoms with van der Waals surface area (Å²) in [6.45, 7) is 0.927. The second-order valence-corrected chi connectivity index (χ2v) is 4.84. The molecule has 0 atom stereocenters. The van der Waals surface area contributed by atoms with Crippen molar-refractivity contribution in [2.45, 2.75) is 38.3 Å². The summed E-state index contributed by atoms with van der Waals surface area (Å²) in [5.74, 6) is 1.05. The highest BCUT2D eigenvalue weighted by Gasteiger charge is 2.20. The third-order valence-electron chi connectivity index (χ3n) is 2.98. The molecule has 0 N–H and O–H groups in total. The largest absolute Gasteiger partial charge is 0.453 e. The van der Waals surface area contributed by atoms with Gasteiger partial charge in [0.05, 0.1) is 6.54 Å². The van der Waals surface area contributed by atoms with Gasteiger partial charge in [0.2, 0.25) is 0 Å². The average molecular weight is 258 g/mol. The minimum Gasteiger partial charge on any atom is -0.453 e. The Morgan fingerprint density at radius 1 is 1.43 bits per heavy atom. The van der Waals surface area contributed by atoms with E-state index < -0.39 is 0 Å². The molecule has 1 saturated carbocycles. The highest BCUT2D eigenvalue weighted by atomic mass is 79.9. The van der Waals surface area contributed by atoms with Crippen LogP contribution in [0, 0.1) is 0 Å². The number of halogens is 1. The topological polar surface area (TPSA) is 16.4 Å². The van der Waals surface area contributed by atoms with Crippen LogP contribution in [0.4, 0.5) is 0 Å². The van der Waals surface area contributed by atoms with Crippen molar-refractivity contribution in [2.75, 3.05) is 7.05 Å². The summed E-state index contributed by atoms with van der Waals surface area (Å²) in [6, 6.07) is 4.76. The Kier molecular flexibility index (Phi) is 3.29. The summed E-state index contributed by atoms with van der Waals surface area (Å²) in [4.78, 5) is 2.40. The predicted octanol–water partition coefficient (Wildman–Crippen LogP) is 3.42. The molecular weight excluding hydrogens is 242 g/mol. The molecule has 14 heavy (non-hydrogen) atoms. The van der Waals surface area contributed by atoms with Gasteiger partial charge < -0.3 is 4.42 Å². The molecular formula is C11H16BrNO. The zero-order chi connectivity index (χ0) is 9.97. The van der Waals surface area contributed by atoms with E-state index in [0.29, 0.717) is 0 Å². The van der Waals surface area contributed by atoms with Crippen molar-refractivity contribution in [3.63, 3.8) is 0 Å². The van der Waals surface area contributed by atoms with Crippen LogP contribution in [0.2, 0.25) is 0 Å². The minimum absolute atomic E-state index is 0.763. The smallest absolute Gasteiger partial charge is 0.169 e. The predicted molar refractivity (Wildman–Crippen MR) is 60.1 cm³/mol. The Hall–Kier alpha value is -0.280. The molecule has 0 unspecified atom stereocenters. The Labute approximate surface area is 93.4 Å². The van der Waals surface area contributed by atoms with Crippen molar-refractivity contribution in [1.82, 2.24) is 4.90 Å². The molecule has 3 heteroatoms. The van der Waals surface area contributed by atoms with Gasteiger partial charge in [-0.2, -0.15) is 0 Å². The van der Waals surface area contributed by atoms with Crippen LogP contribution < -0.4 is 0 Å². The van der Waals surface area contributed by atoms with Crippen LogP contribution in [0.25, 0.3) is 0 Å². The molecule has 1 aromatic heterocycles. The van der Waals surface area contributed by atoms with E-state index in [9.17, 15) is 0 Å². The Bertz CT molecular complexity index is 291. The molecule has 0 radical (unpaired) electrons. The van der Waals surface area contributed by atoms with E-state index in [-0.39, 0.29) is 0 Å². The van der Waals surface area contributed by atoms with Crippen LogP contribution in [-0.4, -0.2) is 18.0 Å². The van der Waals surface area contributed by atoms with Crippen LogP contribution in [0.15, 0.2) is 21.2 Å². The summed E-state index contributed by atoms with van der Waals surface area (Å²) < 4.78 is 6.31. The van der Waals surface area contributed by atoms with Crippen LogP contribution >= 0.6 is 15.9 Å². The molecule has 2 nitrogen and oxygen atoms in total. The molecule has 1 fully saturated rings. The third kappa shape index (κ3) is 2.39. The minimum atomic E-state index is 0.763. The Balaban J connectivity index is 1.90. The summed E-state index contributed by atoms with van der Waals surface area (Å²) in [7, 11) is 2.19. The zero-order valence-corrected chi connectivity index (χ0v) is 10.1. The molecule has 78 valence electrons. The first kappa shape index (κ1) is 10.2. The van der Waals surface area contributed by atoms with Gasteiger partial charge in [-0.25, -0.2) is 0 Å². The van der Waals surface area contributed by atoms with Gasteiger partial charge in [0.1, 0.15) is 5.76 Å². The highest BCUT2D eigenvalue weighted by molar-refractivity contribution is 9.10. The molecule has 1 heterocycles. The van der Waals surface area contributed by atoms with Crippen LogP contribution in [0.5, 0.6) is 0 Å². The standard InChI is InChI=1S/C11H16BrNO/c1-13(9-4-2-3-5-9)8-10-6-7-11(12)14-10/h6-7,9H,2-5,8H2,1H3. The zero-order valence-electron chi connectivity index (χ0n) is 8.50. The lowest BCUT2D eigenvalue weighted by Gasteiger charge is -2.22. The van der Waals surface area contributed by atoms with E-state index >= 15 is 0 Å². The molecule has 0 saturated heterocycles. The molecule has 1 aliphatic rings. The number of hydrogen-bond acceptors (Lipinski definition) is 2. The normalized spacial score (nSPS) is 18.2. The van der Waals surface area contributed by atoms with Crippen LogP contribution in [0.3, 0.4) is 0 Å². The fourth-order valence-electron chi connectivity index (χ4n) is 2.16. The lowest BCUT2D eigenvalue weighted by atomic mass is 10.2. The third-order valence-corrected chi connectivity index (χ3v) is 3.41. The molecule has 0 aromatic carbocycles. The van der Waals surface area contributed by atoms with E-state index in [4.69, 9.17) is 4.42 Å². The first-order valence-electron chi connectivity index (χ1n) is 5.20. The van der Waals surface area contributed by atoms with Crippen LogP contribution in [-0.2, 0) is 6.54 Å². The van der Waals surface area contributed by atoms with Gasteiger partial charge in [-0.1, -0.05) is 12.8 Å². The highest BCUT2D eigenvalue weighted by Crippen LogP contribution is 2.24. The maximum Gasteiger partial charge on any atom is 0.169 e. The van der Waals surface area contributed by atoms with Gasteiger partial charge in [-0.05, 0) is 48.0 Å². The molecule has 0 bridgehead atoms. The second kappa shape index (κ2) is 4.49. The molecule has 1 aliphatic carbocycles. The van der Waals surface area contributed by atoms with E-state index in [2.05, 4.69) is 27.9 Å². The first-order chi connectivity index (χ1) is 6.75. The number of hydrogen-bond donors (Lipinski definition) is 0.